The Morgan fingerprint density at radius 2 is 2.00 bits per heavy atom. The van der Waals surface area contributed by atoms with Gasteiger partial charge in [0.15, 0.2) is 0 Å². The molecule has 1 unspecified atom stereocenters. The summed E-state index contributed by atoms with van der Waals surface area (Å²) in [5.74, 6) is 0. The van der Waals surface area contributed by atoms with E-state index < -0.39 is 11.7 Å². The molecule has 1 aromatic heterocycles. The van der Waals surface area contributed by atoms with E-state index >= 15 is 0 Å². The van der Waals surface area contributed by atoms with Gasteiger partial charge in [0, 0.05) is 18.2 Å². The fourth-order valence-corrected chi connectivity index (χ4v) is 3.58. The van der Waals surface area contributed by atoms with Crippen molar-refractivity contribution in [2.45, 2.75) is 50.7 Å². The highest BCUT2D eigenvalue weighted by Crippen LogP contribution is 2.42. The van der Waals surface area contributed by atoms with Crippen molar-refractivity contribution < 1.29 is 9.84 Å². The van der Waals surface area contributed by atoms with Crippen LogP contribution in [0.3, 0.4) is 0 Å². The first-order valence-corrected chi connectivity index (χ1v) is 7.92. The first-order chi connectivity index (χ1) is 10.3. The van der Waals surface area contributed by atoms with Gasteiger partial charge in [0.1, 0.15) is 6.10 Å². The van der Waals surface area contributed by atoms with Gasteiger partial charge in [-0.1, -0.05) is 37.5 Å². The van der Waals surface area contributed by atoms with Crippen molar-refractivity contribution in [2.24, 2.45) is 0 Å². The molecule has 1 heterocycles. The zero-order chi connectivity index (χ0) is 14.7. The molecule has 0 radical (unpaired) electrons. The van der Waals surface area contributed by atoms with E-state index in [0.29, 0.717) is 6.61 Å². The summed E-state index contributed by atoms with van der Waals surface area (Å²) >= 11 is 0. The highest BCUT2D eigenvalue weighted by Gasteiger charge is 2.41. The monoisotopic (exact) mass is 285 g/mol. The Kier molecular flexibility index (Phi) is 4.22. The number of fused-ring (bicyclic) bond motifs is 1. The number of hydrogen-bond acceptors (Lipinski definition) is 3. The minimum absolute atomic E-state index is 0.433. The van der Waals surface area contributed by atoms with Gasteiger partial charge in [-0.05, 0) is 37.5 Å². The summed E-state index contributed by atoms with van der Waals surface area (Å²) in [4.78, 5) is 4.39. The van der Waals surface area contributed by atoms with E-state index in [0.717, 1.165) is 42.1 Å². The number of aliphatic hydroxyl groups is 1. The largest absolute Gasteiger partial charge is 0.385 e. The lowest BCUT2D eigenvalue weighted by atomic mass is 9.77. The number of hydrogen-bond donors (Lipinski definition) is 1. The van der Waals surface area contributed by atoms with Crippen LogP contribution in [-0.4, -0.2) is 22.3 Å². The quantitative estimate of drug-likeness (QED) is 0.923. The minimum Gasteiger partial charge on any atom is -0.385 e. The van der Waals surface area contributed by atoms with Gasteiger partial charge in [0.2, 0.25) is 0 Å². The summed E-state index contributed by atoms with van der Waals surface area (Å²) in [6, 6.07) is 9.91. The molecular weight excluding hydrogens is 262 g/mol. The number of ether oxygens (including phenoxy) is 1. The molecule has 1 N–H and O–H groups in total. The molecule has 3 heteroatoms. The van der Waals surface area contributed by atoms with E-state index in [2.05, 4.69) is 4.98 Å². The minimum atomic E-state index is -0.592. The Balaban J connectivity index is 2.03. The zero-order valence-corrected chi connectivity index (χ0v) is 12.6. The van der Waals surface area contributed by atoms with Crippen LogP contribution in [0.15, 0.2) is 36.5 Å². The van der Waals surface area contributed by atoms with Crippen molar-refractivity contribution in [1.82, 2.24) is 4.98 Å². The number of aliphatic hydroxyl groups excluding tert-OH is 1. The van der Waals surface area contributed by atoms with Gasteiger partial charge in [-0.2, -0.15) is 0 Å². The molecule has 0 amide bonds. The Morgan fingerprint density at radius 1 is 1.19 bits per heavy atom. The predicted octanol–water partition coefficient (Wildman–Crippen LogP) is 4.01. The van der Waals surface area contributed by atoms with Crippen molar-refractivity contribution in [1.29, 1.82) is 0 Å². The third-order valence-electron chi connectivity index (χ3n) is 4.60. The summed E-state index contributed by atoms with van der Waals surface area (Å²) in [5.41, 5.74) is 1.43. The maximum Gasteiger partial charge on any atom is 0.109 e. The summed E-state index contributed by atoms with van der Waals surface area (Å²) in [7, 11) is 0. The molecule has 0 saturated heterocycles. The lowest BCUT2D eigenvalue weighted by molar-refractivity contribution is -0.141. The topological polar surface area (TPSA) is 42.4 Å². The Morgan fingerprint density at radius 3 is 2.76 bits per heavy atom. The molecule has 1 aromatic carbocycles. The molecule has 1 saturated carbocycles. The molecular formula is C18H23NO2. The second kappa shape index (κ2) is 6.12. The Labute approximate surface area is 126 Å². The lowest BCUT2D eigenvalue weighted by Gasteiger charge is -2.41. The second-order valence-corrected chi connectivity index (χ2v) is 5.88. The van der Waals surface area contributed by atoms with E-state index in [9.17, 15) is 5.11 Å². The zero-order valence-electron chi connectivity index (χ0n) is 12.6. The first-order valence-electron chi connectivity index (χ1n) is 7.92. The van der Waals surface area contributed by atoms with E-state index in [1.54, 1.807) is 6.20 Å². The van der Waals surface area contributed by atoms with Crippen LogP contribution in [-0.2, 0) is 4.74 Å². The molecule has 21 heavy (non-hydrogen) atoms. The number of aromatic nitrogens is 1. The molecule has 1 atom stereocenters. The molecule has 0 bridgehead atoms. The van der Waals surface area contributed by atoms with Crippen LogP contribution in [0.25, 0.3) is 10.9 Å². The second-order valence-electron chi connectivity index (χ2n) is 5.88. The van der Waals surface area contributed by atoms with Crippen LogP contribution in [0.1, 0.15) is 50.7 Å². The van der Waals surface area contributed by atoms with Gasteiger partial charge < -0.3 is 9.84 Å². The number of nitrogens with zero attached hydrogens (tertiary/aromatic N) is 1. The molecule has 112 valence electrons. The van der Waals surface area contributed by atoms with E-state index in [1.807, 2.05) is 37.3 Å². The maximum atomic E-state index is 11.1. The molecule has 0 aliphatic heterocycles. The molecule has 2 aromatic rings. The van der Waals surface area contributed by atoms with E-state index in [-0.39, 0.29) is 0 Å². The van der Waals surface area contributed by atoms with Crippen LogP contribution < -0.4 is 0 Å². The molecule has 1 aliphatic carbocycles. The van der Waals surface area contributed by atoms with Gasteiger partial charge in [0.05, 0.1) is 11.1 Å². The van der Waals surface area contributed by atoms with Gasteiger partial charge in [-0.25, -0.2) is 0 Å². The van der Waals surface area contributed by atoms with Crippen LogP contribution in [0, 0.1) is 0 Å². The fraction of sp³-hybridized carbons (Fsp3) is 0.500. The van der Waals surface area contributed by atoms with Crippen molar-refractivity contribution in [3.8, 4) is 0 Å². The predicted molar refractivity (Wildman–Crippen MR) is 84.1 cm³/mol. The summed E-state index contributed by atoms with van der Waals surface area (Å²) < 4.78 is 6.07. The molecule has 1 aliphatic rings. The normalized spacial score (nSPS) is 19.5. The average molecular weight is 285 g/mol. The smallest absolute Gasteiger partial charge is 0.109 e. The molecule has 3 rings (SSSR count). The number of pyridine rings is 1. The molecule has 3 nitrogen and oxygen atoms in total. The Hall–Kier alpha value is -1.45. The lowest BCUT2D eigenvalue weighted by Crippen LogP contribution is -2.41. The van der Waals surface area contributed by atoms with Crippen LogP contribution in [0.2, 0.25) is 0 Å². The standard InChI is InChI=1S/C18H23NO2/c1-2-21-18(11-4-3-5-12-18)17(20)15-8-6-10-16-14(15)9-7-13-19-16/h6-10,13,17,20H,2-5,11-12H2,1H3. The number of benzene rings is 1. The number of rotatable bonds is 4. The van der Waals surface area contributed by atoms with Crippen molar-refractivity contribution in [2.75, 3.05) is 6.61 Å². The summed E-state index contributed by atoms with van der Waals surface area (Å²) in [6.07, 6.45) is 6.54. The van der Waals surface area contributed by atoms with Crippen molar-refractivity contribution in [3.05, 3.63) is 42.1 Å². The van der Waals surface area contributed by atoms with Gasteiger partial charge in [-0.3, -0.25) is 4.98 Å². The van der Waals surface area contributed by atoms with Crippen LogP contribution in [0.4, 0.5) is 0 Å². The third kappa shape index (κ3) is 2.68. The van der Waals surface area contributed by atoms with Crippen LogP contribution >= 0.6 is 0 Å². The van der Waals surface area contributed by atoms with Crippen LogP contribution in [0.5, 0.6) is 0 Å². The summed E-state index contributed by atoms with van der Waals surface area (Å²) in [5, 5.41) is 12.1. The summed E-state index contributed by atoms with van der Waals surface area (Å²) in [6.45, 7) is 2.65. The third-order valence-corrected chi connectivity index (χ3v) is 4.60. The Bertz CT molecular complexity index is 594. The van der Waals surface area contributed by atoms with Crippen molar-refractivity contribution >= 4 is 10.9 Å². The average Bonchev–Trinajstić information content (AvgIpc) is 2.55. The van der Waals surface area contributed by atoms with E-state index in [4.69, 9.17) is 4.74 Å². The first kappa shape index (κ1) is 14.5. The maximum absolute atomic E-state index is 11.1. The highest BCUT2D eigenvalue weighted by molar-refractivity contribution is 5.82. The molecule has 1 fully saturated rings. The van der Waals surface area contributed by atoms with Gasteiger partial charge >= 0.3 is 0 Å². The van der Waals surface area contributed by atoms with Crippen molar-refractivity contribution in [3.63, 3.8) is 0 Å². The highest BCUT2D eigenvalue weighted by atomic mass is 16.5. The fourth-order valence-electron chi connectivity index (χ4n) is 3.58. The van der Waals surface area contributed by atoms with Gasteiger partial charge in [0.25, 0.3) is 0 Å². The van der Waals surface area contributed by atoms with Gasteiger partial charge in [-0.15, -0.1) is 0 Å². The molecule has 0 spiro atoms. The van der Waals surface area contributed by atoms with E-state index in [1.165, 1.54) is 6.42 Å². The SMILES string of the molecule is CCOC1(C(O)c2cccc3ncccc23)CCCCC1.